The third-order valence-electron chi connectivity index (χ3n) is 2.78. The molecular weight excluding hydrogens is 260 g/mol. The third kappa shape index (κ3) is 3.58. The van der Waals surface area contributed by atoms with Crippen LogP contribution < -0.4 is 10.6 Å². The van der Waals surface area contributed by atoms with E-state index in [9.17, 15) is 0 Å². The van der Waals surface area contributed by atoms with Crippen LogP contribution >= 0.6 is 11.6 Å². The predicted octanol–water partition coefficient (Wildman–Crippen LogP) is 3.13. The number of anilines is 2. The van der Waals surface area contributed by atoms with Crippen molar-refractivity contribution in [2.75, 3.05) is 17.2 Å². The minimum absolute atomic E-state index is 0.221. The molecule has 0 aliphatic heterocycles. The average Bonchev–Trinajstić information content (AvgIpc) is 2.42. The summed E-state index contributed by atoms with van der Waals surface area (Å²) in [5.41, 5.74) is 7.71. The molecule has 4 nitrogen and oxygen atoms in total. The molecule has 0 bridgehead atoms. The molecule has 0 saturated carbocycles. The normalized spacial score (nSPS) is 10.4. The van der Waals surface area contributed by atoms with E-state index in [1.165, 1.54) is 5.56 Å². The summed E-state index contributed by atoms with van der Waals surface area (Å²) in [6, 6.07) is 10.2. The molecule has 100 valence electrons. The molecule has 0 fully saturated rings. The van der Waals surface area contributed by atoms with E-state index in [1.807, 2.05) is 18.2 Å². The van der Waals surface area contributed by atoms with E-state index in [2.05, 4.69) is 33.9 Å². The Bertz CT molecular complexity index is 530. The van der Waals surface area contributed by atoms with E-state index in [0.717, 1.165) is 19.5 Å². The van der Waals surface area contributed by atoms with Crippen molar-refractivity contribution >= 4 is 23.1 Å². The van der Waals surface area contributed by atoms with Gasteiger partial charge in [0.2, 0.25) is 5.28 Å². The summed E-state index contributed by atoms with van der Waals surface area (Å²) < 4.78 is 0. The molecule has 0 spiro atoms. The van der Waals surface area contributed by atoms with E-state index < -0.39 is 0 Å². The highest BCUT2D eigenvalue weighted by atomic mass is 35.5. The fourth-order valence-electron chi connectivity index (χ4n) is 1.95. The van der Waals surface area contributed by atoms with E-state index in [0.29, 0.717) is 11.5 Å². The van der Waals surface area contributed by atoms with Gasteiger partial charge in [-0.15, -0.1) is 0 Å². The Morgan fingerprint density at radius 1 is 1.26 bits per heavy atom. The number of rotatable bonds is 5. The second-order valence-corrected chi connectivity index (χ2v) is 4.66. The molecule has 0 amide bonds. The maximum Gasteiger partial charge on any atom is 0.224 e. The Labute approximate surface area is 118 Å². The lowest BCUT2D eigenvalue weighted by Gasteiger charge is -2.24. The fourth-order valence-corrected chi connectivity index (χ4v) is 2.08. The first-order valence-corrected chi connectivity index (χ1v) is 6.65. The van der Waals surface area contributed by atoms with Gasteiger partial charge in [-0.25, -0.2) is 4.98 Å². The standard InChI is InChI=1S/C14H17ClN4/c1-2-8-19(10-11-6-4-3-5-7-11)13-12(16)9-17-14(15)18-13/h3-7,9H,2,8,10,16H2,1H3. The number of aromatic nitrogens is 2. The van der Waals surface area contributed by atoms with E-state index in [-0.39, 0.29) is 5.28 Å². The highest BCUT2D eigenvalue weighted by molar-refractivity contribution is 6.28. The first-order chi connectivity index (χ1) is 9.20. The number of nitrogen functional groups attached to an aromatic ring is 1. The van der Waals surface area contributed by atoms with Gasteiger partial charge in [0.1, 0.15) is 0 Å². The minimum atomic E-state index is 0.221. The SMILES string of the molecule is CCCN(Cc1ccccc1)c1nc(Cl)ncc1N. The Kier molecular flexibility index (Phi) is 4.58. The minimum Gasteiger partial charge on any atom is -0.394 e. The van der Waals surface area contributed by atoms with E-state index in [1.54, 1.807) is 6.20 Å². The Hall–Kier alpha value is -1.81. The molecule has 0 atom stereocenters. The summed E-state index contributed by atoms with van der Waals surface area (Å²) >= 11 is 5.86. The molecule has 2 N–H and O–H groups in total. The molecule has 1 heterocycles. The Balaban J connectivity index is 2.27. The summed E-state index contributed by atoms with van der Waals surface area (Å²) in [6.45, 7) is 3.75. The lowest BCUT2D eigenvalue weighted by Crippen LogP contribution is -2.25. The number of hydrogen-bond acceptors (Lipinski definition) is 4. The van der Waals surface area contributed by atoms with Gasteiger partial charge in [0.25, 0.3) is 0 Å². The van der Waals surface area contributed by atoms with Crippen LogP contribution in [0.3, 0.4) is 0 Å². The van der Waals surface area contributed by atoms with E-state index >= 15 is 0 Å². The summed E-state index contributed by atoms with van der Waals surface area (Å²) in [7, 11) is 0. The van der Waals surface area contributed by atoms with Gasteiger partial charge in [0.15, 0.2) is 5.82 Å². The van der Waals surface area contributed by atoms with Crippen molar-refractivity contribution in [3.05, 3.63) is 47.4 Å². The van der Waals surface area contributed by atoms with Crippen molar-refractivity contribution < 1.29 is 0 Å². The van der Waals surface area contributed by atoms with Gasteiger partial charge in [-0.3, -0.25) is 0 Å². The van der Waals surface area contributed by atoms with Crippen LogP contribution in [0.2, 0.25) is 5.28 Å². The highest BCUT2D eigenvalue weighted by Gasteiger charge is 2.12. The second-order valence-electron chi connectivity index (χ2n) is 4.33. The van der Waals surface area contributed by atoms with E-state index in [4.69, 9.17) is 17.3 Å². The molecule has 1 aromatic carbocycles. The number of nitrogens with zero attached hydrogens (tertiary/aromatic N) is 3. The van der Waals surface area contributed by atoms with Crippen LogP contribution in [0.1, 0.15) is 18.9 Å². The van der Waals surface area contributed by atoms with Gasteiger partial charge in [-0.1, -0.05) is 37.3 Å². The molecule has 2 aromatic rings. The zero-order valence-corrected chi connectivity index (χ0v) is 11.6. The van der Waals surface area contributed by atoms with Gasteiger partial charge in [-0.2, -0.15) is 4.98 Å². The largest absolute Gasteiger partial charge is 0.394 e. The third-order valence-corrected chi connectivity index (χ3v) is 2.96. The molecule has 0 aliphatic rings. The first-order valence-electron chi connectivity index (χ1n) is 6.27. The van der Waals surface area contributed by atoms with Crippen molar-refractivity contribution in [2.45, 2.75) is 19.9 Å². The zero-order valence-electron chi connectivity index (χ0n) is 10.9. The van der Waals surface area contributed by atoms with Crippen LogP contribution in [0.5, 0.6) is 0 Å². The lowest BCUT2D eigenvalue weighted by atomic mass is 10.2. The molecule has 0 aliphatic carbocycles. The van der Waals surface area contributed by atoms with Crippen molar-refractivity contribution in [1.29, 1.82) is 0 Å². The molecule has 1 aromatic heterocycles. The van der Waals surface area contributed by atoms with Gasteiger partial charge < -0.3 is 10.6 Å². The Morgan fingerprint density at radius 2 is 2.00 bits per heavy atom. The lowest BCUT2D eigenvalue weighted by molar-refractivity contribution is 0.754. The maximum absolute atomic E-state index is 5.95. The quantitative estimate of drug-likeness (QED) is 0.853. The second kappa shape index (κ2) is 6.38. The molecular formula is C14H17ClN4. The van der Waals surface area contributed by atoms with Crippen LogP contribution in [0, 0.1) is 0 Å². The van der Waals surface area contributed by atoms with Gasteiger partial charge in [0, 0.05) is 13.1 Å². The summed E-state index contributed by atoms with van der Waals surface area (Å²) in [6.07, 6.45) is 2.56. The van der Waals surface area contributed by atoms with Crippen LogP contribution in [-0.4, -0.2) is 16.5 Å². The topological polar surface area (TPSA) is 55.0 Å². The Morgan fingerprint density at radius 3 is 2.68 bits per heavy atom. The van der Waals surface area contributed by atoms with Crippen molar-refractivity contribution in [3.63, 3.8) is 0 Å². The smallest absolute Gasteiger partial charge is 0.224 e. The van der Waals surface area contributed by atoms with Crippen LogP contribution in [0.4, 0.5) is 11.5 Å². The number of halogens is 1. The summed E-state index contributed by atoms with van der Waals surface area (Å²) in [5.74, 6) is 0.700. The summed E-state index contributed by atoms with van der Waals surface area (Å²) in [5, 5.41) is 0.221. The molecule has 2 rings (SSSR count). The predicted molar refractivity (Wildman–Crippen MR) is 79.2 cm³/mol. The van der Waals surface area contributed by atoms with Crippen LogP contribution in [0.25, 0.3) is 0 Å². The fraction of sp³-hybridized carbons (Fsp3) is 0.286. The molecule has 0 unspecified atom stereocenters. The molecule has 0 radical (unpaired) electrons. The van der Waals surface area contributed by atoms with Gasteiger partial charge in [-0.05, 0) is 23.6 Å². The maximum atomic E-state index is 5.95. The average molecular weight is 277 g/mol. The molecule has 0 saturated heterocycles. The van der Waals surface area contributed by atoms with Crippen LogP contribution in [0.15, 0.2) is 36.5 Å². The van der Waals surface area contributed by atoms with Gasteiger partial charge in [0.05, 0.1) is 11.9 Å². The zero-order chi connectivity index (χ0) is 13.7. The molecule has 19 heavy (non-hydrogen) atoms. The number of hydrogen-bond donors (Lipinski definition) is 1. The summed E-state index contributed by atoms with van der Waals surface area (Å²) in [4.78, 5) is 10.3. The monoisotopic (exact) mass is 276 g/mol. The van der Waals surface area contributed by atoms with Crippen molar-refractivity contribution in [3.8, 4) is 0 Å². The highest BCUT2D eigenvalue weighted by Crippen LogP contribution is 2.23. The van der Waals surface area contributed by atoms with Crippen molar-refractivity contribution in [1.82, 2.24) is 9.97 Å². The van der Waals surface area contributed by atoms with Crippen molar-refractivity contribution in [2.24, 2.45) is 0 Å². The number of benzene rings is 1. The molecule has 5 heteroatoms. The van der Waals surface area contributed by atoms with Crippen LogP contribution in [-0.2, 0) is 6.54 Å². The van der Waals surface area contributed by atoms with Gasteiger partial charge >= 0.3 is 0 Å². The first kappa shape index (κ1) is 13.6. The number of nitrogens with two attached hydrogens (primary N) is 1.